The Morgan fingerprint density at radius 3 is 2.42 bits per heavy atom. The zero-order valence-electron chi connectivity index (χ0n) is 14.5. The highest BCUT2D eigenvalue weighted by Gasteiger charge is 2.28. The third-order valence-corrected chi connectivity index (χ3v) is 7.31. The average Bonchev–Trinajstić information content (AvgIpc) is 2.98. The van der Waals surface area contributed by atoms with E-state index >= 15 is 0 Å². The Balaban J connectivity index is 2.88. The number of rotatable bonds is 10. The molecule has 0 atom stereocenters. The second kappa shape index (κ2) is 9.72. The number of hydrogen-bond acceptors (Lipinski definition) is 5. The van der Waals surface area contributed by atoms with Crippen molar-refractivity contribution in [2.24, 2.45) is 0 Å². The van der Waals surface area contributed by atoms with Gasteiger partial charge in [-0.15, -0.1) is 11.3 Å². The van der Waals surface area contributed by atoms with Gasteiger partial charge in [0.05, 0.1) is 17.5 Å². The summed E-state index contributed by atoms with van der Waals surface area (Å²) in [6.07, 6.45) is 1.62. The van der Waals surface area contributed by atoms with Gasteiger partial charge in [0.2, 0.25) is 5.91 Å². The minimum Gasteiger partial charge on any atom is -0.383 e. The number of methoxy groups -OCH3 is 1. The Bertz CT molecular complexity index is 629. The molecule has 1 heterocycles. The summed E-state index contributed by atoms with van der Waals surface area (Å²) in [5, 5.41) is 0. The van der Waals surface area contributed by atoms with E-state index in [2.05, 4.69) is 0 Å². The molecule has 0 spiro atoms. The van der Waals surface area contributed by atoms with Gasteiger partial charge in [-0.25, -0.2) is 8.42 Å². The van der Waals surface area contributed by atoms with E-state index in [1.807, 2.05) is 13.8 Å². The Labute approximate surface area is 153 Å². The van der Waals surface area contributed by atoms with E-state index in [0.29, 0.717) is 17.5 Å². The fourth-order valence-electron chi connectivity index (χ4n) is 2.39. The first-order valence-corrected chi connectivity index (χ1v) is 10.4. The molecule has 0 N–H and O–H groups in total. The lowest BCUT2D eigenvalue weighted by atomic mass is 10.1. The SMILES string of the molecule is CCC(CC)N(CCOC)C(=O)CN(C)S(=O)(=O)c1ccc(Cl)s1. The number of nitrogens with zero attached hydrogens (tertiary/aromatic N) is 2. The number of sulfonamides is 1. The van der Waals surface area contributed by atoms with Gasteiger partial charge in [0.1, 0.15) is 4.21 Å². The van der Waals surface area contributed by atoms with Crippen molar-refractivity contribution >= 4 is 38.9 Å². The number of carbonyl (C=O) groups excluding carboxylic acids is 1. The summed E-state index contributed by atoms with van der Waals surface area (Å²) in [6, 6.07) is 3.05. The van der Waals surface area contributed by atoms with Gasteiger partial charge in [-0.2, -0.15) is 4.31 Å². The number of ether oxygens (including phenoxy) is 1. The lowest BCUT2D eigenvalue weighted by Gasteiger charge is -2.31. The van der Waals surface area contributed by atoms with Crippen molar-refractivity contribution in [1.29, 1.82) is 0 Å². The smallest absolute Gasteiger partial charge is 0.252 e. The summed E-state index contributed by atoms with van der Waals surface area (Å²) < 4.78 is 31.7. The van der Waals surface area contributed by atoms with E-state index in [0.717, 1.165) is 28.5 Å². The summed E-state index contributed by atoms with van der Waals surface area (Å²) in [5.74, 6) is -0.227. The van der Waals surface area contributed by atoms with Crippen LogP contribution in [-0.4, -0.2) is 63.4 Å². The Morgan fingerprint density at radius 2 is 1.96 bits per heavy atom. The summed E-state index contributed by atoms with van der Waals surface area (Å²) in [5.41, 5.74) is 0. The minimum absolute atomic E-state index is 0.0694. The van der Waals surface area contributed by atoms with Crippen molar-refractivity contribution in [1.82, 2.24) is 9.21 Å². The van der Waals surface area contributed by atoms with Crippen molar-refractivity contribution in [2.45, 2.75) is 36.9 Å². The summed E-state index contributed by atoms with van der Waals surface area (Å²) >= 11 is 6.79. The topological polar surface area (TPSA) is 66.9 Å². The molecule has 1 rings (SSSR count). The van der Waals surface area contributed by atoms with Crippen molar-refractivity contribution in [3.05, 3.63) is 16.5 Å². The molecule has 6 nitrogen and oxygen atoms in total. The van der Waals surface area contributed by atoms with Crippen LogP contribution in [0, 0.1) is 0 Å². The second-order valence-corrected chi connectivity index (χ2v) is 9.36. The monoisotopic (exact) mass is 396 g/mol. The van der Waals surface area contributed by atoms with E-state index in [4.69, 9.17) is 16.3 Å². The molecular weight excluding hydrogens is 372 g/mol. The number of likely N-dealkylation sites (N-methyl/N-ethyl adjacent to an activating group) is 1. The molecule has 1 amide bonds. The van der Waals surface area contributed by atoms with Gasteiger partial charge in [0.15, 0.2) is 0 Å². The fourth-order valence-corrected chi connectivity index (χ4v) is 5.20. The zero-order valence-corrected chi connectivity index (χ0v) is 16.9. The molecule has 0 saturated carbocycles. The number of hydrogen-bond donors (Lipinski definition) is 0. The molecule has 0 bridgehead atoms. The van der Waals surface area contributed by atoms with Crippen LogP contribution in [0.3, 0.4) is 0 Å². The van der Waals surface area contributed by atoms with Crippen LogP contribution in [0.15, 0.2) is 16.3 Å². The molecule has 0 saturated heterocycles. The van der Waals surface area contributed by atoms with Crippen molar-refractivity contribution in [2.75, 3.05) is 33.9 Å². The summed E-state index contributed by atoms with van der Waals surface area (Å²) in [6.45, 7) is 4.67. The van der Waals surface area contributed by atoms with Crippen molar-refractivity contribution < 1.29 is 17.9 Å². The fraction of sp³-hybridized carbons (Fsp3) is 0.667. The molecule has 1 aromatic rings. The molecule has 0 aliphatic carbocycles. The molecule has 0 unspecified atom stereocenters. The number of thiophene rings is 1. The lowest BCUT2D eigenvalue weighted by Crippen LogP contribution is -2.47. The van der Waals surface area contributed by atoms with Crippen LogP contribution in [0.1, 0.15) is 26.7 Å². The highest BCUT2D eigenvalue weighted by Crippen LogP contribution is 2.27. The number of carbonyl (C=O) groups is 1. The predicted molar refractivity (Wildman–Crippen MR) is 97.1 cm³/mol. The van der Waals surface area contributed by atoms with Crippen LogP contribution in [0.2, 0.25) is 4.34 Å². The normalized spacial score (nSPS) is 12.1. The summed E-state index contributed by atoms with van der Waals surface area (Å²) in [7, 11) is -0.737. The van der Waals surface area contributed by atoms with Crippen LogP contribution in [0.25, 0.3) is 0 Å². The first-order chi connectivity index (χ1) is 11.3. The first-order valence-electron chi connectivity index (χ1n) is 7.77. The molecule has 0 radical (unpaired) electrons. The van der Waals surface area contributed by atoms with Gasteiger partial charge in [-0.05, 0) is 25.0 Å². The molecule has 1 aromatic heterocycles. The molecule has 0 aliphatic heterocycles. The predicted octanol–water partition coefficient (Wildman–Crippen LogP) is 2.69. The highest BCUT2D eigenvalue weighted by atomic mass is 35.5. The lowest BCUT2D eigenvalue weighted by molar-refractivity contribution is -0.134. The average molecular weight is 397 g/mol. The molecule has 0 aromatic carbocycles. The number of amides is 1. The maximum atomic E-state index is 12.6. The highest BCUT2D eigenvalue weighted by molar-refractivity contribution is 7.91. The maximum absolute atomic E-state index is 12.6. The van der Waals surface area contributed by atoms with Gasteiger partial charge in [-0.1, -0.05) is 25.4 Å². The van der Waals surface area contributed by atoms with Gasteiger partial charge in [0.25, 0.3) is 10.0 Å². The van der Waals surface area contributed by atoms with Gasteiger partial charge < -0.3 is 9.64 Å². The molecular formula is C15H25ClN2O4S2. The molecule has 0 aliphatic rings. The van der Waals surface area contributed by atoms with E-state index in [1.54, 1.807) is 12.0 Å². The largest absolute Gasteiger partial charge is 0.383 e. The molecule has 24 heavy (non-hydrogen) atoms. The van der Waals surface area contributed by atoms with E-state index in [1.165, 1.54) is 19.2 Å². The maximum Gasteiger partial charge on any atom is 0.252 e. The molecule has 9 heteroatoms. The van der Waals surface area contributed by atoms with E-state index in [-0.39, 0.29) is 22.7 Å². The van der Waals surface area contributed by atoms with E-state index < -0.39 is 10.0 Å². The standard InChI is InChI=1S/C15H25ClN2O4S2/c1-5-12(6-2)18(9-10-22-4)14(19)11-17(3)24(20,21)15-8-7-13(16)23-15/h7-8,12H,5-6,9-11H2,1-4H3. The first kappa shape index (κ1) is 21.4. The molecule has 138 valence electrons. The van der Waals surface area contributed by atoms with Crippen molar-refractivity contribution in [3.63, 3.8) is 0 Å². The van der Waals surface area contributed by atoms with Crippen LogP contribution >= 0.6 is 22.9 Å². The van der Waals surface area contributed by atoms with Crippen LogP contribution in [0.4, 0.5) is 0 Å². The van der Waals surface area contributed by atoms with Gasteiger partial charge in [0, 0.05) is 26.7 Å². The van der Waals surface area contributed by atoms with Gasteiger partial charge >= 0.3 is 0 Å². The Kier molecular flexibility index (Phi) is 8.66. The Hall–Kier alpha value is -0.670. The van der Waals surface area contributed by atoms with Gasteiger partial charge in [-0.3, -0.25) is 4.79 Å². The van der Waals surface area contributed by atoms with Crippen LogP contribution < -0.4 is 0 Å². The molecule has 0 fully saturated rings. The second-order valence-electron chi connectivity index (χ2n) is 5.37. The third kappa shape index (κ3) is 5.42. The third-order valence-electron chi connectivity index (χ3n) is 3.81. The zero-order chi connectivity index (χ0) is 18.3. The minimum atomic E-state index is -3.72. The van der Waals surface area contributed by atoms with E-state index in [9.17, 15) is 13.2 Å². The van der Waals surface area contributed by atoms with Crippen LogP contribution in [-0.2, 0) is 19.6 Å². The summed E-state index contributed by atoms with van der Waals surface area (Å²) in [4.78, 5) is 14.3. The quantitative estimate of drug-likeness (QED) is 0.609. The van der Waals surface area contributed by atoms with Crippen LogP contribution in [0.5, 0.6) is 0 Å². The number of halogens is 1. The Morgan fingerprint density at radius 1 is 1.33 bits per heavy atom. The van der Waals surface area contributed by atoms with Crippen molar-refractivity contribution in [3.8, 4) is 0 Å².